The molecular formula is C15H17N3O4S. The first-order valence-corrected chi connectivity index (χ1v) is 8.64. The molecule has 0 amide bonds. The van der Waals surface area contributed by atoms with E-state index in [9.17, 15) is 13.2 Å². The van der Waals surface area contributed by atoms with Gasteiger partial charge in [0.1, 0.15) is 0 Å². The molecule has 1 aliphatic rings. The van der Waals surface area contributed by atoms with E-state index in [2.05, 4.69) is 5.10 Å². The van der Waals surface area contributed by atoms with Gasteiger partial charge >= 0.3 is 5.97 Å². The molecule has 1 aromatic carbocycles. The molecule has 122 valence electrons. The molecule has 8 heteroatoms. The van der Waals surface area contributed by atoms with Crippen molar-refractivity contribution in [2.75, 3.05) is 10.8 Å². The molecule has 0 atom stereocenters. The van der Waals surface area contributed by atoms with Crippen LogP contribution in [0.3, 0.4) is 0 Å². The van der Waals surface area contributed by atoms with Crippen LogP contribution in [0.4, 0.5) is 5.69 Å². The first kappa shape index (κ1) is 15.5. The molecule has 1 aliphatic heterocycles. The third-order valence-corrected chi connectivity index (χ3v) is 6.03. The molecule has 1 aromatic heterocycles. The van der Waals surface area contributed by atoms with E-state index >= 15 is 0 Å². The predicted octanol–water partition coefficient (Wildman–Crippen LogP) is 1.57. The van der Waals surface area contributed by atoms with E-state index in [0.29, 0.717) is 30.6 Å². The summed E-state index contributed by atoms with van der Waals surface area (Å²) in [7, 11) is -2.14. The summed E-state index contributed by atoms with van der Waals surface area (Å²) in [5, 5.41) is 13.3. The summed E-state index contributed by atoms with van der Waals surface area (Å²) >= 11 is 0. The Morgan fingerprint density at radius 2 is 2.09 bits per heavy atom. The second-order valence-electron chi connectivity index (χ2n) is 5.59. The maximum absolute atomic E-state index is 13.0. The summed E-state index contributed by atoms with van der Waals surface area (Å²) in [6, 6.07) is 4.56. The van der Waals surface area contributed by atoms with Crippen LogP contribution < -0.4 is 4.31 Å². The van der Waals surface area contributed by atoms with E-state index in [0.717, 1.165) is 5.56 Å². The normalized spacial score (nSPS) is 14.6. The lowest BCUT2D eigenvalue weighted by atomic mass is 10.0. The minimum atomic E-state index is -3.74. The average molecular weight is 335 g/mol. The van der Waals surface area contributed by atoms with Crippen LogP contribution in [-0.4, -0.2) is 35.8 Å². The zero-order valence-electron chi connectivity index (χ0n) is 12.9. The van der Waals surface area contributed by atoms with Crippen molar-refractivity contribution in [1.82, 2.24) is 9.78 Å². The van der Waals surface area contributed by atoms with Crippen LogP contribution in [0.5, 0.6) is 0 Å². The Kier molecular flexibility index (Phi) is 3.63. The zero-order chi connectivity index (χ0) is 16.8. The molecule has 2 heterocycles. The van der Waals surface area contributed by atoms with E-state index in [4.69, 9.17) is 5.11 Å². The summed E-state index contributed by atoms with van der Waals surface area (Å²) in [6.07, 6.45) is 2.82. The highest BCUT2D eigenvalue weighted by atomic mass is 32.2. The molecule has 1 N–H and O–H groups in total. The third-order valence-electron chi connectivity index (χ3n) is 3.99. The van der Waals surface area contributed by atoms with Gasteiger partial charge in [-0.25, -0.2) is 4.79 Å². The highest BCUT2D eigenvalue weighted by Crippen LogP contribution is 2.33. The van der Waals surface area contributed by atoms with Gasteiger partial charge in [0.15, 0.2) is 5.03 Å². The molecule has 7 nitrogen and oxygen atoms in total. The van der Waals surface area contributed by atoms with Gasteiger partial charge in [-0.1, -0.05) is 0 Å². The van der Waals surface area contributed by atoms with Crippen LogP contribution in [0.1, 0.15) is 27.9 Å². The van der Waals surface area contributed by atoms with E-state index in [1.807, 2.05) is 0 Å². The van der Waals surface area contributed by atoms with Crippen molar-refractivity contribution < 1.29 is 18.3 Å². The maximum atomic E-state index is 13.0. The van der Waals surface area contributed by atoms with Crippen LogP contribution in [0.25, 0.3) is 0 Å². The number of hydrogen-bond acceptors (Lipinski definition) is 4. The minimum Gasteiger partial charge on any atom is -0.478 e. The molecule has 0 saturated carbocycles. The standard InChI is InChI=1S/C15H17N3O4S/c1-10-9-16-17(2)14(10)23(21,22)18-7-3-4-11-8-12(15(19)20)5-6-13(11)18/h5-6,8-9H,3-4,7H2,1-2H3,(H,19,20). The van der Waals surface area contributed by atoms with E-state index < -0.39 is 16.0 Å². The average Bonchev–Trinajstić information content (AvgIpc) is 2.85. The molecule has 0 unspecified atom stereocenters. The van der Waals surface area contributed by atoms with Gasteiger partial charge in [-0.3, -0.25) is 8.99 Å². The van der Waals surface area contributed by atoms with Crippen LogP contribution in [0.2, 0.25) is 0 Å². The largest absolute Gasteiger partial charge is 0.478 e. The molecule has 0 aliphatic carbocycles. The molecule has 0 bridgehead atoms. The Hall–Kier alpha value is -2.35. The lowest BCUT2D eigenvalue weighted by molar-refractivity contribution is 0.0696. The van der Waals surface area contributed by atoms with E-state index in [1.165, 1.54) is 21.3 Å². The third kappa shape index (κ3) is 2.48. The summed E-state index contributed by atoms with van der Waals surface area (Å²) in [5.41, 5.74) is 2.03. The Morgan fingerprint density at radius 1 is 1.35 bits per heavy atom. The fourth-order valence-electron chi connectivity index (χ4n) is 2.96. The fraction of sp³-hybridized carbons (Fsp3) is 0.333. The zero-order valence-corrected chi connectivity index (χ0v) is 13.7. The van der Waals surface area contributed by atoms with Crippen molar-refractivity contribution in [3.05, 3.63) is 41.1 Å². The number of hydrogen-bond donors (Lipinski definition) is 1. The molecule has 0 fully saturated rings. The molecule has 3 rings (SSSR count). The van der Waals surface area contributed by atoms with Crippen molar-refractivity contribution in [3.8, 4) is 0 Å². The molecule has 0 spiro atoms. The van der Waals surface area contributed by atoms with Gasteiger partial charge in [0.2, 0.25) is 0 Å². The van der Waals surface area contributed by atoms with Crippen molar-refractivity contribution in [3.63, 3.8) is 0 Å². The summed E-state index contributed by atoms with van der Waals surface area (Å²) in [6.45, 7) is 2.07. The van der Waals surface area contributed by atoms with Gasteiger partial charge in [0.25, 0.3) is 10.0 Å². The number of aromatic carboxylic acids is 1. The van der Waals surface area contributed by atoms with Crippen LogP contribution in [0.15, 0.2) is 29.4 Å². The molecular weight excluding hydrogens is 318 g/mol. The van der Waals surface area contributed by atoms with Gasteiger partial charge in [0.05, 0.1) is 17.4 Å². The number of rotatable bonds is 3. The van der Waals surface area contributed by atoms with Gasteiger partial charge < -0.3 is 5.11 Å². The van der Waals surface area contributed by atoms with Gasteiger partial charge in [-0.05, 0) is 43.5 Å². The summed E-state index contributed by atoms with van der Waals surface area (Å²) in [5.74, 6) is -1.02. The number of fused-ring (bicyclic) bond motifs is 1. The van der Waals surface area contributed by atoms with Crippen LogP contribution >= 0.6 is 0 Å². The number of sulfonamides is 1. The number of aromatic nitrogens is 2. The molecule has 2 aromatic rings. The number of anilines is 1. The number of aryl methyl sites for hydroxylation is 3. The predicted molar refractivity (Wildman–Crippen MR) is 84.2 cm³/mol. The molecule has 23 heavy (non-hydrogen) atoms. The highest BCUT2D eigenvalue weighted by molar-refractivity contribution is 7.92. The summed E-state index contributed by atoms with van der Waals surface area (Å²) < 4.78 is 28.7. The Labute approximate surface area is 134 Å². The highest BCUT2D eigenvalue weighted by Gasteiger charge is 2.32. The number of carbonyl (C=O) groups is 1. The van der Waals surface area contributed by atoms with Crippen molar-refractivity contribution in [1.29, 1.82) is 0 Å². The number of carboxylic acid groups (broad SMARTS) is 1. The summed E-state index contributed by atoms with van der Waals surface area (Å²) in [4.78, 5) is 11.1. The lowest BCUT2D eigenvalue weighted by Gasteiger charge is -2.30. The second-order valence-corrected chi connectivity index (χ2v) is 7.36. The Bertz CT molecular complexity index is 867. The lowest BCUT2D eigenvalue weighted by Crippen LogP contribution is -2.37. The minimum absolute atomic E-state index is 0.160. The molecule has 0 radical (unpaired) electrons. The molecule has 0 saturated heterocycles. The smallest absolute Gasteiger partial charge is 0.335 e. The quantitative estimate of drug-likeness (QED) is 0.919. The van der Waals surface area contributed by atoms with Crippen LogP contribution in [0, 0.1) is 6.92 Å². The maximum Gasteiger partial charge on any atom is 0.335 e. The van der Waals surface area contributed by atoms with Gasteiger partial charge in [-0.15, -0.1) is 0 Å². The van der Waals surface area contributed by atoms with Crippen molar-refractivity contribution in [2.45, 2.75) is 24.8 Å². The number of carboxylic acids is 1. The number of nitrogens with zero attached hydrogens (tertiary/aromatic N) is 3. The van der Waals surface area contributed by atoms with Crippen molar-refractivity contribution in [2.24, 2.45) is 7.05 Å². The first-order valence-electron chi connectivity index (χ1n) is 7.20. The van der Waals surface area contributed by atoms with Crippen molar-refractivity contribution >= 4 is 21.7 Å². The fourth-order valence-corrected chi connectivity index (χ4v) is 4.81. The van der Waals surface area contributed by atoms with E-state index in [-0.39, 0.29) is 10.6 Å². The topological polar surface area (TPSA) is 92.5 Å². The first-order chi connectivity index (χ1) is 10.8. The second kappa shape index (κ2) is 5.38. The monoisotopic (exact) mass is 335 g/mol. The SMILES string of the molecule is Cc1cnn(C)c1S(=O)(=O)N1CCCc2cc(C(=O)O)ccc21. The van der Waals surface area contributed by atoms with Gasteiger partial charge in [-0.2, -0.15) is 13.5 Å². The Balaban J connectivity index is 2.12. The van der Waals surface area contributed by atoms with Crippen LogP contribution in [-0.2, 0) is 23.5 Å². The van der Waals surface area contributed by atoms with E-state index in [1.54, 1.807) is 26.1 Å². The van der Waals surface area contributed by atoms with Gasteiger partial charge in [0, 0.05) is 19.2 Å². The Morgan fingerprint density at radius 3 is 2.70 bits per heavy atom. The number of benzene rings is 1.